The van der Waals surface area contributed by atoms with E-state index in [1.807, 2.05) is 37.3 Å². The van der Waals surface area contributed by atoms with Crippen molar-refractivity contribution >= 4 is 5.52 Å². The Morgan fingerprint density at radius 2 is 1.91 bits per heavy atom. The molecule has 0 aliphatic carbocycles. The molecule has 0 radical (unpaired) electrons. The van der Waals surface area contributed by atoms with Crippen LogP contribution in [0.15, 0.2) is 70.2 Å². The summed E-state index contributed by atoms with van der Waals surface area (Å²) >= 11 is 0. The summed E-state index contributed by atoms with van der Waals surface area (Å²) in [5, 5.41) is 8.59. The van der Waals surface area contributed by atoms with Crippen molar-refractivity contribution in [1.82, 2.24) is 24.3 Å². The average Bonchev–Trinajstić information content (AvgIpc) is 3.55. The molecule has 0 amide bonds. The number of nitrogens with zero attached hydrogens (tertiary/aromatic N) is 5. The van der Waals surface area contributed by atoms with Crippen LogP contribution >= 0.6 is 0 Å². The summed E-state index contributed by atoms with van der Waals surface area (Å²) in [6, 6.07) is 15.2. The number of fused-ring (bicyclic) bond motifs is 2. The molecule has 0 unspecified atom stereocenters. The van der Waals surface area contributed by atoms with Gasteiger partial charge in [-0.1, -0.05) is 29.4 Å². The molecule has 0 spiro atoms. The predicted octanol–water partition coefficient (Wildman–Crippen LogP) is 3.30. The highest BCUT2D eigenvalue weighted by Gasteiger charge is 2.17. The summed E-state index contributed by atoms with van der Waals surface area (Å²) in [6.45, 7) is 2.37. The van der Waals surface area contributed by atoms with Gasteiger partial charge in [0.2, 0.25) is 18.5 Å². The maximum atomic E-state index is 13.0. The van der Waals surface area contributed by atoms with Crippen LogP contribution in [0.3, 0.4) is 0 Å². The van der Waals surface area contributed by atoms with Crippen LogP contribution in [0.4, 0.5) is 0 Å². The molecule has 2 aromatic carbocycles. The number of hydrogen-bond donors (Lipinski definition) is 0. The van der Waals surface area contributed by atoms with Crippen LogP contribution in [0, 0.1) is 6.92 Å². The molecule has 3 aromatic heterocycles. The van der Waals surface area contributed by atoms with Crippen molar-refractivity contribution in [2.45, 2.75) is 13.5 Å². The van der Waals surface area contributed by atoms with Gasteiger partial charge < -0.3 is 18.6 Å². The molecular weight excluding hydrogens is 410 g/mol. The van der Waals surface area contributed by atoms with Gasteiger partial charge in [0.15, 0.2) is 11.5 Å². The van der Waals surface area contributed by atoms with E-state index in [9.17, 15) is 4.79 Å². The number of hydrogen-bond acceptors (Lipinski definition) is 7. The molecule has 0 atom stereocenters. The molecule has 0 saturated carbocycles. The summed E-state index contributed by atoms with van der Waals surface area (Å²) in [5.41, 5.74) is 3.86. The van der Waals surface area contributed by atoms with Crippen LogP contribution in [0.5, 0.6) is 11.5 Å². The third-order valence-corrected chi connectivity index (χ3v) is 5.43. The summed E-state index contributed by atoms with van der Waals surface area (Å²) < 4.78 is 19.2. The zero-order valence-corrected chi connectivity index (χ0v) is 17.1. The lowest BCUT2D eigenvalue weighted by molar-refractivity contribution is 0.174. The first kappa shape index (κ1) is 18.4. The van der Waals surface area contributed by atoms with Gasteiger partial charge in [0, 0.05) is 23.5 Å². The molecule has 0 bridgehead atoms. The van der Waals surface area contributed by atoms with Crippen LogP contribution in [0.1, 0.15) is 11.5 Å². The van der Waals surface area contributed by atoms with Crippen molar-refractivity contribution in [3.8, 4) is 34.1 Å². The molecular formula is C23H17N5O4. The van der Waals surface area contributed by atoms with Gasteiger partial charge in [-0.05, 0) is 36.8 Å². The topological polar surface area (TPSA) is 96.7 Å². The van der Waals surface area contributed by atoms with E-state index in [0.29, 0.717) is 28.7 Å². The lowest BCUT2D eigenvalue weighted by Gasteiger charge is -2.02. The lowest BCUT2D eigenvalue weighted by Crippen LogP contribution is -2.21. The largest absolute Gasteiger partial charge is 0.454 e. The molecule has 0 N–H and O–H groups in total. The molecule has 6 rings (SSSR count). The van der Waals surface area contributed by atoms with Crippen LogP contribution < -0.4 is 15.0 Å². The maximum absolute atomic E-state index is 13.0. The van der Waals surface area contributed by atoms with E-state index in [1.165, 1.54) is 4.57 Å². The van der Waals surface area contributed by atoms with Crippen LogP contribution in [-0.2, 0) is 6.54 Å². The Morgan fingerprint density at radius 3 is 2.81 bits per heavy atom. The Kier molecular flexibility index (Phi) is 4.07. The van der Waals surface area contributed by atoms with E-state index in [0.717, 1.165) is 22.4 Å². The van der Waals surface area contributed by atoms with E-state index < -0.39 is 0 Å². The standard InChI is InChI=1S/C23H17N5O4/c1-14-4-2-3-5-16(14)17-11-18-23(29)27(8-9-28(18)25-17)12-21-24-22(26-32-21)15-6-7-19-20(10-15)31-13-30-19/h2-11H,12-13H2,1H3. The second-order valence-electron chi connectivity index (χ2n) is 7.49. The third-order valence-electron chi connectivity index (χ3n) is 5.43. The molecule has 158 valence electrons. The summed E-state index contributed by atoms with van der Waals surface area (Å²) in [5.74, 6) is 2.06. The Hall–Kier alpha value is -4.40. The minimum absolute atomic E-state index is 0.151. The smallest absolute Gasteiger partial charge is 0.277 e. The highest BCUT2D eigenvalue weighted by Crippen LogP contribution is 2.35. The fourth-order valence-electron chi connectivity index (χ4n) is 3.76. The molecule has 32 heavy (non-hydrogen) atoms. The summed E-state index contributed by atoms with van der Waals surface area (Å²) in [6.07, 6.45) is 3.40. The molecule has 0 fully saturated rings. The highest BCUT2D eigenvalue weighted by atomic mass is 16.7. The Labute approximate surface area is 181 Å². The molecule has 5 aromatic rings. The van der Waals surface area contributed by atoms with Gasteiger partial charge in [-0.2, -0.15) is 10.1 Å². The van der Waals surface area contributed by atoms with Crippen LogP contribution in [0.25, 0.3) is 28.2 Å². The fourth-order valence-corrected chi connectivity index (χ4v) is 3.76. The van der Waals surface area contributed by atoms with Gasteiger partial charge in [-0.3, -0.25) is 4.79 Å². The van der Waals surface area contributed by atoms with Gasteiger partial charge >= 0.3 is 0 Å². The number of ether oxygens (including phenoxy) is 2. The third kappa shape index (κ3) is 3.02. The van der Waals surface area contributed by atoms with Crippen molar-refractivity contribution in [3.05, 3.63) is 82.7 Å². The van der Waals surface area contributed by atoms with Crippen molar-refractivity contribution in [2.24, 2.45) is 0 Å². The van der Waals surface area contributed by atoms with Gasteiger partial charge in [0.1, 0.15) is 12.1 Å². The van der Waals surface area contributed by atoms with Gasteiger partial charge in [0.05, 0.1) is 5.69 Å². The second-order valence-corrected chi connectivity index (χ2v) is 7.49. The molecule has 1 aliphatic heterocycles. The van der Waals surface area contributed by atoms with Crippen LogP contribution in [-0.4, -0.2) is 31.1 Å². The lowest BCUT2D eigenvalue weighted by atomic mass is 10.1. The summed E-state index contributed by atoms with van der Waals surface area (Å²) in [7, 11) is 0. The number of rotatable bonds is 4. The van der Waals surface area contributed by atoms with Gasteiger partial charge in [-0.15, -0.1) is 0 Å². The number of benzene rings is 2. The number of aryl methyl sites for hydroxylation is 1. The van der Waals surface area contributed by atoms with E-state index >= 15 is 0 Å². The fraction of sp³-hybridized carbons (Fsp3) is 0.130. The zero-order chi connectivity index (χ0) is 21.7. The molecule has 9 heteroatoms. The maximum Gasteiger partial charge on any atom is 0.277 e. The molecule has 0 saturated heterocycles. The second kappa shape index (κ2) is 7.09. The monoisotopic (exact) mass is 427 g/mol. The average molecular weight is 427 g/mol. The highest BCUT2D eigenvalue weighted by molar-refractivity contribution is 5.68. The van der Waals surface area contributed by atoms with E-state index in [1.54, 1.807) is 35.1 Å². The Bertz CT molecular complexity index is 1530. The van der Waals surface area contributed by atoms with E-state index in [4.69, 9.17) is 14.0 Å². The Balaban J connectivity index is 1.31. The van der Waals surface area contributed by atoms with Crippen molar-refractivity contribution in [1.29, 1.82) is 0 Å². The molecule has 1 aliphatic rings. The summed E-state index contributed by atoms with van der Waals surface area (Å²) in [4.78, 5) is 17.5. The first-order chi connectivity index (χ1) is 15.7. The van der Waals surface area contributed by atoms with E-state index in [-0.39, 0.29) is 18.9 Å². The van der Waals surface area contributed by atoms with Crippen LogP contribution in [0.2, 0.25) is 0 Å². The quantitative estimate of drug-likeness (QED) is 0.434. The van der Waals surface area contributed by atoms with Gasteiger partial charge in [0.25, 0.3) is 5.56 Å². The molecule has 4 heterocycles. The normalized spacial score (nSPS) is 12.5. The van der Waals surface area contributed by atoms with Crippen molar-refractivity contribution in [2.75, 3.05) is 6.79 Å². The Morgan fingerprint density at radius 1 is 1.03 bits per heavy atom. The SMILES string of the molecule is Cc1ccccc1-c1cc2c(=O)n(Cc3nc(-c4ccc5c(c4)OCO5)no3)ccn2n1. The van der Waals surface area contributed by atoms with E-state index in [2.05, 4.69) is 15.2 Å². The first-order valence-electron chi connectivity index (χ1n) is 10.0. The zero-order valence-electron chi connectivity index (χ0n) is 17.1. The predicted molar refractivity (Wildman–Crippen MR) is 115 cm³/mol. The van der Waals surface area contributed by atoms with Gasteiger partial charge in [-0.25, -0.2) is 4.52 Å². The van der Waals surface area contributed by atoms with Crippen molar-refractivity contribution in [3.63, 3.8) is 0 Å². The first-order valence-corrected chi connectivity index (χ1v) is 10.0. The van der Waals surface area contributed by atoms with Crippen molar-refractivity contribution < 1.29 is 14.0 Å². The number of aromatic nitrogens is 5. The minimum Gasteiger partial charge on any atom is -0.454 e. The molecule has 9 nitrogen and oxygen atoms in total. The minimum atomic E-state index is -0.192.